The lowest BCUT2D eigenvalue weighted by Gasteiger charge is -2.07. The van der Waals surface area contributed by atoms with E-state index in [1.807, 2.05) is 29.8 Å². The number of hydrogen-bond acceptors (Lipinski definition) is 4. The number of rotatable bonds is 5. The second kappa shape index (κ2) is 7.21. The van der Waals surface area contributed by atoms with Crippen molar-refractivity contribution in [3.8, 4) is 11.4 Å². The lowest BCUT2D eigenvalue weighted by atomic mass is 10.1. The number of nitro groups is 1. The summed E-state index contributed by atoms with van der Waals surface area (Å²) in [5.41, 5.74) is 1.69. The summed E-state index contributed by atoms with van der Waals surface area (Å²) in [4.78, 5) is 10.3. The Morgan fingerprint density at radius 1 is 1.04 bits per heavy atom. The molecule has 1 aromatic heterocycles. The number of hydrogen-bond donors (Lipinski definition) is 0. The van der Waals surface area contributed by atoms with E-state index in [0.29, 0.717) is 28.7 Å². The summed E-state index contributed by atoms with van der Waals surface area (Å²) < 4.78 is 1.87. The molecule has 0 aliphatic carbocycles. The van der Waals surface area contributed by atoms with Crippen molar-refractivity contribution in [3.05, 3.63) is 74.0 Å². The predicted octanol–water partition coefficient (Wildman–Crippen LogP) is 4.48. The van der Waals surface area contributed by atoms with Crippen LogP contribution in [0.2, 0.25) is 10.0 Å². The zero-order valence-electron chi connectivity index (χ0n) is 13.3. The van der Waals surface area contributed by atoms with Crippen molar-refractivity contribution >= 4 is 28.9 Å². The number of nitrogens with zero attached hydrogens (tertiary/aromatic N) is 4. The Hall–Kier alpha value is -2.44. The molecule has 25 heavy (non-hydrogen) atoms. The molecule has 3 aromatic rings. The highest BCUT2D eigenvalue weighted by Gasteiger charge is 2.14. The van der Waals surface area contributed by atoms with E-state index < -0.39 is 4.92 Å². The molecule has 0 radical (unpaired) electrons. The van der Waals surface area contributed by atoms with Crippen molar-refractivity contribution in [2.75, 3.05) is 0 Å². The highest BCUT2D eigenvalue weighted by Crippen LogP contribution is 2.26. The van der Waals surface area contributed by atoms with Crippen LogP contribution in [0, 0.1) is 10.1 Å². The first-order valence-electron chi connectivity index (χ1n) is 7.53. The van der Waals surface area contributed by atoms with Gasteiger partial charge in [0, 0.05) is 41.2 Å². The van der Waals surface area contributed by atoms with Crippen LogP contribution in [0.5, 0.6) is 0 Å². The maximum absolute atomic E-state index is 10.7. The molecule has 1 heterocycles. The smallest absolute Gasteiger partial charge is 0.269 e. The number of non-ortho nitro benzene ring substituents is 1. The molecule has 128 valence electrons. The van der Waals surface area contributed by atoms with E-state index in [1.165, 1.54) is 12.1 Å². The molecule has 0 aliphatic heterocycles. The van der Waals surface area contributed by atoms with Crippen molar-refractivity contribution in [2.45, 2.75) is 12.8 Å². The van der Waals surface area contributed by atoms with Crippen LogP contribution in [-0.4, -0.2) is 19.7 Å². The van der Waals surface area contributed by atoms with Gasteiger partial charge >= 0.3 is 0 Å². The van der Waals surface area contributed by atoms with Crippen molar-refractivity contribution in [3.63, 3.8) is 0 Å². The molecule has 6 nitrogen and oxygen atoms in total. The molecule has 8 heteroatoms. The van der Waals surface area contributed by atoms with Gasteiger partial charge in [0.2, 0.25) is 0 Å². The van der Waals surface area contributed by atoms with Gasteiger partial charge in [-0.05, 0) is 36.2 Å². The summed E-state index contributed by atoms with van der Waals surface area (Å²) in [5, 5.41) is 20.4. The number of nitro benzene ring substituents is 1. The second-order valence-corrected chi connectivity index (χ2v) is 6.32. The Labute approximate surface area is 154 Å². The third kappa shape index (κ3) is 3.65. The molecule has 3 rings (SSSR count). The van der Waals surface area contributed by atoms with Gasteiger partial charge in [0.05, 0.1) is 4.92 Å². The summed E-state index contributed by atoms with van der Waals surface area (Å²) in [6.07, 6.45) is 1.27. The van der Waals surface area contributed by atoms with Crippen molar-refractivity contribution in [1.82, 2.24) is 14.8 Å². The number of aryl methyl sites for hydroxylation is 1. The van der Waals surface area contributed by atoms with E-state index in [-0.39, 0.29) is 5.69 Å². The van der Waals surface area contributed by atoms with Crippen LogP contribution in [0.1, 0.15) is 11.4 Å². The average Bonchev–Trinajstić information content (AvgIpc) is 2.95. The maximum Gasteiger partial charge on any atom is 0.269 e. The summed E-state index contributed by atoms with van der Waals surface area (Å²) in [6.45, 7) is 0. The summed E-state index contributed by atoms with van der Waals surface area (Å²) >= 11 is 12.4. The molecule has 0 N–H and O–H groups in total. The Morgan fingerprint density at radius 2 is 1.68 bits per heavy atom. The van der Waals surface area contributed by atoms with Crippen LogP contribution in [-0.2, 0) is 19.9 Å². The zero-order valence-corrected chi connectivity index (χ0v) is 14.8. The van der Waals surface area contributed by atoms with E-state index >= 15 is 0 Å². The van der Waals surface area contributed by atoms with Crippen LogP contribution < -0.4 is 0 Å². The largest absolute Gasteiger partial charge is 0.314 e. The Balaban J connectivity index is 1.80. The number of aromatic nitrogens is 3. The molecule has 0 amide bonds. The van der Waals surface area contributed by atoms with Gasteiger partial charge in [0.25, 0.3) is 5.69 Å². The molecule has 0 fully saturated rings. The minimum absolute atomic E-state index is 0.0412. The average molecular weight is 377 g/mol. The highest BCUT2D eigenvalue weighted by atomic mass is 35.5. The van der Waals surface area contributed by atoms with Crippen LogP contribution >= 0.6 is 23.2 Å². The monoisotopic (exact) mass is 376 g/mol. The van der Waals surface area contributed by atoms with Gasteiger partial charge in [-0.2, -0.15) is 0 Å². The summed E-state index contributed by atoms with van der Waals surface area (Å²) in [5.74, 6) is 1.43. The van der Waals surface area contributed by atoms with E-state index in [9.17, 15) is 10.1 Å². The first kappa shape index (κ1) is 17.4. The minimum Gasteiger partial charge on any atom is -0.314 e. The van der Waals surface area contributed by atoms with Crippen LogP contribution in [0.3, 0.4) is 0 Å². The van der Waals surface area contributed by atoms with Crippen molar-refractivity contribution in [2.24, 2.45) is 7.05 Å². The molecule has 0 aliphatic rings. The zero-order chi connectivity index (χ0) is 18.0. The SMILES string of the molecule is Cn1c(CCc2c(Cl)cccc2Cl)nnc1-c1ccc([N+](=O)[O-])cc1. The van der Waals surface area contributed by atoms with E-state index in [0.717, 1.165) is 17.0 Å². The molecular formula is C17H14Cl2N4O2. The van der Waals surface area contributed by atoms with E-state index in [4.69, 9.17) is 23.2 Å². The molecule has 0 saturated heterocycles. The third-order valence-corrected chi connectivity index (χ3v) is 4.67. The van der Waals surface area contributed by atoms with Gasteiger partial charge < -0.3 is 4.57 Å². The molecule has 0 atom stereocenters. The minimum atomic E-state index is -0.431. The first-order valence-corrected chi connectivity index (χ1v) is 8.29. The van der Waals surface area contributed by atoms with Gasteiger partial charge in [0.15, 0.2) is 5.82 Å². The molecule has 0 unspecified atom stereocenters. The van der Waals surface area contributed by atoms with Gasteiger partial charge in [-0.1, -0.05) is 29.3 Å². The molecular weight excluding hydrogens is 363 g/mol. The second-order valence-electron chi connectivity index (χ2n) is 5.50. The normalized spacial score (nSPS) is 10.8. The fourth-order valence-corrected chi connectivity index (χ4v) is 3.16. The van der Waals surface area contributed by atoms with Crippen LogP contribution in [0.4, 0.5) is 5.69 Å². The van der Waals surface area contributed by atoms with Crippen LogP contribution in [0.15, 0.2) is 42.5 Å². The lowest BCUT2D eigenvalue weighted by Crippen LogP contribution is -2.02. The molecule has 0 bridgehead atoms. The lowest BCUT2D eigenvalue weighted by molar-refractivity contribution is -0.384. The first-order chi connectivity index (χ1) is 12.0. The van der Waals surface area contributed by atoms with Gasteiger partial charge in [-0.25, -0.2) is 0 Å². The standard InChI is InChI=1S/C17H14Cl2N4O2/c1-22-16(10-9-13-14(18)3-2-4-15(13)19)20-21-17(22)11-5-7-12(8-6-11)23(24)25/h2-8H,9-10H2,1H3. The van der Waals surface area contributed by atoms with Gasteiger partial charge in [-0.15, -0.1) is 10.2 Å². The fraction of sp³-hybridized carbons (Fsp3) is 0.176. The topological polar surface area (TPSA) is 73.8 Å². The maximum atomic E-state index is 10.7. The fourth-order valence-electron chi connectivity index (χ4n) is 2.57. The third-order valence-electron chi connectivity index (χ3n) is 3.96. The predicted molar refractivity (Wildman–Crippen MR) is 97.0 cm³/mol. The summed E-state index contributed by atoms with van der Waals surface area (Å²) in [6, 6.07) is 11.7. The Kier molecular flexibility index (Phi) is 5.01. The van der Waals surface area contributed by atoms with Crippen molar-refractivity contribution < 1.29 is 4.92 Å². The molecule has 0 spiro atoms. The van der Waals surface area contributed by atoms with Crippen LogP contribution in [0.25, 0.3) is 11.4 Å². The van der Waals surface area contributed by atoms with E-state index in [1.54, 1.807) is 12.1 Å². The highest BCUT2D eigenvalue weighted by molar-refractivity contribution is 6.35. The molecule has 0 saturated carbocycles. The van der Waals surface area contributed by atoms with Crippen molar-refractivity contribution in [1.29, 1.82) is 0 Å². The van der Waals surface area contributed by atoms with E-state index in [2.05, 4.69) is 10.2 Å². The van der Waals surface area contributed by atoms with Gasteiger partial charge in [0.1, 0.15) is 5.82 Å². The molecule has 2 aromatic carbocycles. The van der Waals surface area contributed by atoms with Gasteiger partial charge in [-0.3, -0.25) is 10.1 Å². The number of benzene rings is 2. The Morgan fingerprint density at radius 3 is 2.28 bits per heavy atom. The summed E-state index contributed by atoms with van der Waals surface area (Å²) in [7, 11) is 1.86. The quantitative estimate of drug-likeness (QED) is 0.485. The Bertz CT molecular complexity index is 903. The number of halogens is 2.